The highest BCUT2D eigenvalue weighted by atomic mass is 16.7. The van der Waals surface area contributed by atoms with Gasteiger partial charge in [0.25, 0.3) is 0 Å². The maximum Gasteiger partial charge on any atom is 0.335 e. The Kier molecular flexibility index (Phi) is 48.8. The lowest BCUT2D eigenvalue weighted by Gasteiger charge is -2.40. The van der Waals surface area contributed by atoms with Gasteiger partial charge in [-0.2, -0.15) is 0 Å². The van der Waals surface area contributed by atoms with Crippen LogP contribution in [0.4, 0.5) is 0 Å². The van der Waals surface area contributed by atoms with Crippen LogP contribution in [0, 0.1) is 0 Å². The first kappa shape index (κ1) is 71.2. The molecule has 1 heterocycles. The van der Waals surface area contributed by atoms with Gasteiger partial charge in [-0.1, -0.05) is 229 Å². The second kappa shape index (κ2) is 52.8. The molecule has 1 rings (SSSR count). The molecule has 0 aromatic rings. The summed E-state index contributed by atoms with van der Waals surface area (Å²) in [5, 5.41) is 31.5. The number of aliphatic hydroxyl groups excluding tert-OH is 2. The number of esters is 3. The number of carbonyl (C=O) groups excluding carboxylic acids is 3. The van der Waals surface area contributed by atoms with Crippen molar-refractivity contribution in [3.63, 3.8) is 0 Å². The number of rotatable bonds is 52. The third-order valence-electron chi connectivity index (χ3n) is 13.8. The molecule has 1 aliphatic rings. The summed E-state index contributed by atoms with van der Waals surface area (Å²) < 4.78 is 28.4. The first-order valence-electron chi connectivity index (χ1n) is 30.9. The molecule has 0 radical (unpaired) electrons. The average molecular weight is 1080 g/mol. The van der Waals surface area contributed by atoms with Crippen molar-refractivity contribution in [2.24, 2.45) is 0 Å². The molecule has 0 spiro atoms. The zero-order valence-corrected chi connectivity index (χ0v) is 48.7. The summed E-state index contributed by atoms with van der Waals surface area (Å²) in [6, 6.07) is 0. The van der Waals surface area contributed by atoms with Crippen LogP contribution in [-0.4, -0.2) is 89.2 Å². The van der Waals surface area contributed by atoms with Crippen LogP contribution in [0.15, 0.2) is 72.9 Å². The van der Waals surface area contributed by atoms with Crippen molar-refractivity contribution in [2.75, 3.05) is 13.2 Å². The van der Waals surface area contributed by atoms with Crippen molar-refractivity contribution in [2.45, 2.75) is 302 Å². The number of carboxylic acids is 1. The van der Waals surface area contributed by atoms with E-state index in [1.807, 2.05) is 0 Å². The van der Waals surface area contributed by atoms with Crippen LogP contribution in [-0.2, 0) is 42.9 Å². The van der Waals surface area contributed by atoms with Gasteiger partial charge in [0.15, 0.2) is 24.6 Å². The summed E-state index contributed by atoms with van der Waals surface area (Å²) in [6.07, 6.45) is 54.4. The van der Waals surface area contributed by atoms with Crippen LogP contribution in [0.1, 0.15) is 265 Å². The van der Waals surface area contributed by atoms with Gasteiger partial charge in [-0.25, -0.2) is 4.79 Å². The average Bonchev–Trinajstić information content (AvgIpc) is 3.42. The van der Waals surface area contributed by atoms with Crippen LogP contribution in [0.25, 0.3) is 0 Å². The minimum atomic E-state index is -1.91. The molecular formula is C65H110O12. The van der Waals surface area contributed by atoms with Gasteiger partial charge in [0, 0.05) is 19.3 Å². The Morgan fingerprint density at radius 1 is 0.442 bits per heavy atom. The fourth-order valence-electron chi connectivity index (χ4n) is 9.04. The van der Waals surface area contributed by atoms with E-state index in [-0.39, 0.29) is 25.9 Å². The third-order valence-corrected chi connectivity index (χ3v) is 13.8. The SMILES string of the molecule is CC/C=C\C/C=C\C/C=C\CCCCCC(=O)OC(COC(=O)CCCCCCCC/C=C\C/C=C\C/C=C\CCCCC)COC1OC(C(=O)O)C(O)C(O)C1OC(=O)CCCCCCCCCCCCCCCCC. The van der Waals surface area contributed by atoms with Gasteiger partial charge < -0.3 is 39.0 Å². The first-order valence-corrected chi connectivity index (χ1v) is 30.9. The molecule has 12 nitrogen and oxygen atoms in total. The number of unbranched alkanes of at least 4 members (excludes halogenated alkanes) is 26. The van der Waals surface area contributed by atoms with E-state index < -0.39 is 67.3 Å². The number of hydrogen-bond donors (Lipinski definition) is 3. The van der Waals surface area contributed by atoms with E-state index in [4.69, 9.17) is 23.7 Å². The molecule has 0 aliphatic carbocycles. The molecule has 6 atom stereocenters. The quantitative estimate of drug-likeness (QED) is 0.0228. The topological polar surface area (TPSA) is 175 Å². The van der Waals surface area contributed by atoms with Gasteiger partial charge in [0.2, 0.25) is 0 Å². The van der Waals surface area contributed by atoms with Crippen LogP contribution in [0.3, 0.4) is 0 Å². The van der Waals surface area contributed by atoms with E-state index in [1.54, 1.807) is 0 Å². The number of carboxylic acid groups (broad SMARTS) is 1. The zero-order chi connectivity index (χ0) is 56.1. The maximum absolute atomic E-state index is 13.1. The maximum atomic E-state index is 13.1. The van der Waals surface area contributed by atoms with E-state index in [0.29, 0.717) is 19.3 Å². The largest absolute Gasteiger partial charge is 0.479 e. The van der Waals surface area contributed by atoms with Crippen molar-refractivity contribution in [1.82, 2.24) is 0 Å². The van der Waals surface area contributed by atoms with Crippen LogP contribution in [0.5, 0.6) is 0 Å². The van der Waals surface area contributed by atoms with Crippen molar-refractivity contribution in [1.29, 1.82) is 0 Å². The summed E-state index contributed by atoms with van der Waals surface area (Å²) in [4.78, 5) is 51.2. The molecule has 3 N–H and O–H groups in total. The minimum Gasteiger partial charge on any atom is -0.479 e. The molecule has 12 heteroatoms. The van der Waals surface area contributed by atoms with Gasteiger partial charge in [0.1, 0.15) is 18.8 Å². The lowest BCUT2D eigenvalue weighted by Crippen LogP contribution is -2.61. The number of ether oxygens (including phenoxy) is 5. The summed E-state index contributed by atoms with van der Waals surface area (Å²) in [7, 11) is 0. The molecule has 1 fully saturated rings. The van der Waals surface area contributed by atoms with Gasteiger partial charge in [0.05, 0.1) is 6.61 Å². The molecule has 0 aromatic carbocycles. The van der Waals surface area contributed by atoms with E-state index >= 15 is 0 Å². The fourth-order valence-corrected chi connectivity index (χ4v) is 9.04. The smallest absolute Gasteiger partial charge is 0.335 e. The normalized spacial score (nSPS) is 18.5. The third kappa shape index (κ3) is 42.7. The van der Waals surface area contributed by atoms with Gasteiger partial charge in [-0.3, -0.25) is 14.4 Å². The first-order chi connectivity index (χ1) is 37.6. The van der Waals surface area contributed by atoms with Crippen LogP contribution >= 0.6 is 0 Å². The molecule has 0 bridgehead atoms. The minimum absolute atomic E-state index is 0.0571. The molecule has 442 valence electrons. The second-order valence-electron chi connectivity index (χ2n) is 21.0. The Bertz CT molecular complexity index is 1620. The second-order valence-corrected chi connectivity index (χ2v) is 21.0. The van der Waals surface area contributed by atoms with Crippen molar-refractivity contribution in [3.8, 4) is 0 Å². The lowest BCUT2D eigenvalue weighted by molar-refractivity contribution is -0.301. The zero-order valence-electron chi connectivity index (χ0n) is 48.7. The molecule has 1 saturated heterocycles. The van der Waals surface area contributed by atoms with Crippen LogP contribution < -0.4 is 0 Å². The van der Waals surface area contributed by atoms with E-state index in [2.05, 4.69) is 93.7 Å². The summed E-state index contributed by atoms with van der Waals surface area (Å²) in [5.41, 5.74) is 0. The van der Waals surface area contributed by atoms with Crippen molar-refractivity contribution in [3.05, 3.63) is 72.9 Å². The van der Waals surface area contributed by atoms with Gasteiger partial charge >= 0.3 is 23.9 Å². The summed E-state index contributed by atoms with van der Waals surface area (Å²) in [6.45, 7) is 5.83. The lowest BCUT2D eigenvalue weighted by atomic mass is 9.98. The molecule has 0 aromatic heterocycles. The monoisotopic (exact) mass is 1080 g/mol. The molecular weight excluding hydrogens is 973 g/mol. The highest BCUT2D eigenvalue weighted by Crippen LogP contribution is 2.26. The number of aliphatic hydroxyl groups is 2. The van der Waals surface area contributed by atoms with Gasteiger partial charge in [-0.15, -0.1) is 0 Å². The number of carbonyl (C=O) groups is 4. The highest BCUT2D eigenvalue weighted by molar-refractivity contribution is 5.74. The molecule has 77 heavy (non-hydrogen) atoms. The standard InChI is InChI=1S/C65H110O12/c1-4-7-10-13-16-19-22-25-27-28-29-30-32-34-36-39-42-45-48-51-57(66)73-54-56(75-58(67)52-49-46-43-40-37-33-24-21-18-15-12-9-6-3)55-74-65-63(61(70)60(69)62(77-65)64(71)72)76-59(68)53-50-47-44-41-38-35-31-26-23-20-17-14-11-8-5-2/h9,12,16,18-19,21,25,27,29-30,33,37,56,60-63,65,69-70H,4-8,10-11,13-15,17,20,22-24,26,28,31-32,34-36,38-55H2,1-3H3,(H,71,72)/b12-9-,19-16-,21-18-,27-25-,30-29-,37-33-. The number of aliphatic carboxylic acids is 1. The number of hydrogen-bond acceptors (Lipinski definition) is 11. The summed E-state index contributed by atoms with van der Waals surface area (Å²) >= 11 is 0. The Hall–Kier alpha value is -3.84. The molecule has 1 aliphatic heterocycles. The van der Waals surface area contributed by atoms with E-state index in [9.17, 15) is 34.5 Å². The molecule has 0 amide bonds. The molecule has 6 unspecified atom stereocenters. The van der Waals surface area contributed by atoms with Crippen molar-refractivity contribution < 1.29 is 58.2 Å². The molecule has 0 saturated carbocycles. The highest BCUT2D eigenvalue weighted by Gasteiger charge is 2.50. The Balaban J connectivity index is 2.68. The van der Waals surface area contributed by atoms with Crippen LogP contribution in [0.2, 0.25) is 0 Å². The predicted molar refractivity (Wildman–Crippen MR) is 312 cm³/mol. The van der Waals surface area contributed by atoms with E-state index in [0.717, 1.165) is 116 Å². The summed E-state index contributed by atoms with van der Waals surface area (Å²) in [5.74, 6) is -3.17. The van der Waals surface area contributed by atoms with Crippen molar-refractivity contribution >= 4 is 23.9 Å². The number of allylic oxidation sites excluding steroid dienone is 12. The Morgan fingerprint density at radius 3 is 1.29 bits per heavy atom. The Labute approximate surface area is 468 Å². The fraction of sp³-hybridized carbons (Fsp3) is 0.754. The Morgan fingerprint density at radius 2 is 0.818 bits per heavy atom. The van der Waals surface area contributed by atoms with Gasteiger partial charge in [-0.05, 0) is 89.9 Å². The predicted octanol–water partition coefficient (Wildman–Crippen LogP) is 16.1. The van der Waals surface area contributed by atoms with E-state index in [1.165, 1.54) is 89.9 Å².